The number of carbonyl (C=O) groups is 1. The van der Waals surface area contributed by atoms with Gasteiger partial charge in [-0.05, 0) is 12.8 Å². The molecule has 0 N–H and O–H groups in total. The van der Waals surface area contributed by atoms with Gasteiger partial charge in [-0.15, -0.1) is 0 Å². The Balaban J connectivity index is 2.85. The van der Waals surface area contributed by atoms with Crippen molar-refractivity contribution in [1.29, 1.82) is 0 Å². The van der Waals surface area contributed by atoms with Crippen molar-refractivity contribution >= 4 is 5.97 Å². The van der Waals surface area contributed by atoms with E-state index in [0.29, 0.717) is 0 Å². The zero-order valence-electron chi connectivity index (χ0n) is 7.27. The van der Waals surface area contributed by atoms with Crippen molar-refractivity contribution in [3.05, 3.63) is 0 Å². The predicted molar refractivity (Wildman–Crippen MR) is 43.0 cm³/mol. The topological polar surface area (TPSA) is 40.1 Å². The van der Waals surface area contributed by atoms with E-state index in [1.54, 1.807) is 0 Å². The average molecular weight is 157 g/mol. The Morgan fingerprint density at radius 2 is 1.64 bits per heavy atom. The van der Waals surface area contributed by atoms with Crippen LogP contribution in [0.25, 0.3) is 0 Å². The van der Waals surface area contributed by atoms with E-state index < -0.39 is 5.97 Å². The maximum atomic E-state index is 9.98. The minimum Gasteiger partial charge on any atom is -0.550 e. The Hall–Kier alpha value is -0.530. The van der Waals surface area contributed by atoms with Crippen LogP contribution in [0.1, 0.15) is 51.9 Å². The minimum atomic E-state index is -0.916. The molecule has 0 unspecified atom stereocenters. The van der Waals surface area contributed by atoms with E-state index in [0.717, 1.165) is 12.8 Å². The lowest BCUT2D eigenvalue weighted by molar-refractivity contribution is -0.305. The molecule has 0 aliphatic heterocycles. The number of hydrogen-bond acceptors (Lipinski definition) is 2. The first-order chi connectivity index (χ1) is 5.27. The third-order valence-corrected chi connectivity index (χ3v) is 1.73. The van der Waals surface area contributed by atoms with Gasteiger partial charge >= 0.3 is 0 Å². The number of hydrogen-bond donors (Lipinski definition) is 0. The van der Waals surface area contributed by atoms with Crippen molar-refractivity contribution in [2.75, 3.05) is 0 Å². The molecule has 0 saturated carbocycles. The van der Waals surface area contributed by atoms with Gasteiger partial charge in [-0.25, -0.2) is 0 Å². The Morgan fingerprint density at radius 3 is 2.18 bits per heavy atom. The molecule has 11 heavy (non-hydrogen) atoms. The van der Waals surface area contributed by atoms with Crippen LogP contribution >= 0.6 is 0 Å². The molecule has 0 aliphatic carbocycles. The molecule has 0 saturated heterocycles. The standard InChI is InChI=1S/C9H18O2/c1-2-3-4-5-6-7-8-9(10)11/h2-8H2,1H3,(H,10,11)/p-1. The molecule has 0 spiro atoms. The molecule has 2 heteroatoms. The van der Waals surface area contributed by atoms with Crippen molar-refractivity contribution in [1.82, 2.24) is 0 Å². The van der Waals surface area contributed by atoms with Crippen molar-refractivity contribution in [3.8, 4) is 0 Å². The monoisotopic (exact) mass is 157 g/mol. The van der Waals surface area contributed by atoms with E-state index in [1.807, 2.05) is 0 Å². The zero-order valence-corrected chi connectivity index (χ0v) is 7.27. The molecule has 0 rings (SSSR count). The molecule has 2 nitrogen and oxygen atoms in total. The first-order valence-corrected chi connectivity index (χ1v) is 4.47. The number of carbonyl (C=O) groups excluding carboxylic acids is 1. The Labute approximate surface area is 68.6 Å². The van der Waals surface area contributed by atoms with Crippen molar-refractivity contribution in [3.63, 3.8) is 0 Å². The first kappa shape index (κ1) is 10.5. The molecule has 0 atom stereocenters. The summed E-state index contributed by atoms with van der Waals surface area (Å²) in [5.74, 6) is -0.916. The summed E-state index contributed by atoms with van der Waals surface area (Å²) in [6.45, 7) is 2.17. The van der Waals surface area contributed by atoms with Crippen molar-refractivity contribution in [2.45, 2.75) is 51.9 Å². The van der Waals surface area contributed by atoms with Gasteiger partial charge in [-0.2, -0.15) is 0 Å². The van der Waals surface area contributed by atoms with E-state index in [-0.39, 0.29) is 6.42 Å². The van der Waals surface area contributed by atoms with Gasteiger partial charge in [0.2, 0.25) is 0 Å². The fourth-order valence-electron chi connectivity index (χ4n) is 1.05. The van der Waals surface area contributed by atoms with Gasteiger partial charge in [-0.3, -0.25) is 0 Å². The number of carboxylic acids is 1. The van der Waals surface area contributed by atoms with Gasteiger partial charge in [0.15, 0.2) is 0 Å². The Kier molecular flexibility index (Phi) is 7.21. The summed E-state index contributed by atoms with van der Waals surface area (Å²) in [5.41, 5.74) is 0. The zero-order chi connectivity index (χ0) is 8.53. The fourth-order valence-corrected chi connectivity index (χ4v) is 1.05. The summed E-state index contributed by atoms with van der Waals surface area (Å²) in [4.78, 5) is 9.98. The molecule has 66 valence electrons. The third-order valence-electron chi connectivity index (χ3n) is 1.73. The van der Waals surface area contributed by atoms with Crippen LogP contribution in [-0.2, 0) is 4.79 Å². The van der Waals surface area contributed by atoms with Gasteiger partial charge < -0.3 is 9.90 Å². The molecule has 0 aromatic heterocycles. The fraction of sp³-hybridized carbons (Fsp3) is 0.889. The van der Waals surface area contributed by atoms with Crippen molar-refractivity contribution in [2.24, 2.45) is 0 Å². The molecule has 0 aromatic rings. The number of rotatable bonds is 7. The largest absolute Gasteiger partial charge is 0.550 e. The van der Waals surface area contributed by atoms with Gasteiger partial charge in [-0.1, -0.05) is 39.0 Å². The summed E-state index contributed by atoms with van der Waals surface area (Å²) in [7, 11) is 0. The highest BCUT2D eigenvalue weighted by Crippen LogP contribution is 2.05. The lowest BCUT2D eigenvalue weighted by Crippen LogP contribution is -2.21. The predicted octanol–water partition coefficient (Wildman–Crippen LogP) is 1.49. The van der Waals surface area contributed by atoms with Gasteiger partial charge in [0.25, 0.3) is 0 Å². The maximum Gasteiger partial charge on any atom is 0.0414 e. The second-order valence-corrected chi connectivity index (χ2v) is 2.89. The molecule has 0 aromatic carbocycles. The lowest BCUT2D eigenvalue weighted by atomic mass is 10.1. The van der Waals surface area contributed by atoms with Crippen LogP contribution < -0.4 is 5.11 Å². The van der Waals surface area contributed by atoms with Gasteiger partial charge in [0, 0.05) is 5.97 Å². The van der Waals surface area contributed by atoms with E-state index in [9.17, 15) is 9.90 Å². The van der Waals surface area contributed by atoms with Crippen LogP contribution in [0.15, 0.2) is 0 Å². The lowest BCUT2D eigenvalue weighted by Gasteiger charge is -2.00. The SMILES string of the molecule is CCCCCCCCC(=O)[O-]. The summed E-state index contributed by atoms with van der Waals surface area (Å²) in [6.07, 6.45) is 6.96. The highest BCUT2D eigenvalue weighted by molar-refractivity contribution is 5.63. The van der Waals surface area contributed by atoms with E-state index >= 15 is 0 Å². The van der Waals surface area contributed by atoms with Crippen LogP contribution in [0.4, 0.5) is 0 Å². The Bertz CT molecular complexity index is 99.7. The summed E-state index contributed by atoms with van der Waals surface area (Å²) in [5, 5.41) is 9.98. The van der Waals surface area contributed by atoms with Crippen LogP contribution in [-0.4, -0.2) is 5.97 Å². The summed E-state index contributed by atoms with van der Waals surface area (Å²) >= 11 is 0. The average Bonchev–Trinajstić information content (AvgIpc) is 1.96. The molecular weight excluding hydrogens is 140 g/mol. The number of aliphatic carboxylic acids is 1. The highest BCUT2D eigenvalue weighted by Gasteiger charge is 1.89. The van der Waals surface area contributed by atoms with Crippen molar-refractivity contribution < 1.29 is 9.90 Å². The van der Waals surface area contributed by atoms with E-state index in [1.165, 1.54) is 25.7 Å². The Morgan fingerprint density at radius 1 is 1.09 bits per heavy atom. The van der Waals surface area contributed by atoms with Gasteiger partial charge in [0.1, 0.15) is 0 Å². The molecule has 0 heterocycles. The molecule has 0 amide bonds. The van der Waals surface area contributed by atoms with Crippen LogP contribution in [0.3, 0.4) is 0 Å². The highest BCUT2D eigenvalue weighted by atomic mass is 16.4. The quantitative estimate of drug-likeness (QED) is 0.525. The van der Waals surface area contributed by atoms with Gasteiger partial charge in [0.05, 0.1) is 0 Å². The molecule has 0 fully saturated rings. The van der Waals surface area contributed by atoms with E-state index in [2.05, 4.69) is 6.92 Å². The molecule has 0 radical (unpaired) electrons. The second kappa shape index (κ2) is 7.58. The van der Waals surface area contributed by atoms with Crippen LogP contribution in [0.2, 0.25) is 0 Å². The number of carboxylic acid groups (broad SMARTS) is 1. The van der Waals surface area contributed by atoms with Crippen LogP contribution in [0.5, 0.6) is 0 Å². The second-order valence-electron chi connectivity index (χ2n) is 2.89. The summed E-state index contributed by atoms with van der Waals surface area (Å²) < 4.78 is 0. The van der Waals surface area contributed by atoms with Crippen LogP contribution in [0, 0.1) is 0 Å². The maximum absolute atomic E-state index is 9.98. The van der Waals surface area contributed by atoms with E-state index in [4.69, 9.17) is 0 Å². The third kappa shape index (κ3) is 9.47. The molecule has 0 bridgehead atoms. The number of unbranched alkanes of at least 4 members (excludes halogenated alkanes) is 5. The first-order valence-electron chi connectivity index (χ1n) is 4.47. The molecule has 0 aliphatic rings. The minimum absolute atomic E-state index is 0.228. The summed E-state index contributed by atoms with van der Waals surface area (Å²) in [6, 6.07) is 0. The molecular formula is C9H17O2-. The normalized spacial score (nSPS) is 9.91. The smallest absolute Gasteiger partial charge is 0.0414 e.